The van der Waals surface area contributed by atoms with Gasteiger partial charge in [-0.05, 0) is 48.8 Å². The lowest BCUT2D eigenvalue weighted by molar-refractivity contribution is -0.137. The van der Waals surface area contributed by atoms with Gasteiger partial charge in [0.25, 0.3) is 0 Å². The van der Waals surface area contributed by atoms with Crippen LogP contribution >= 0.6 is 0 Å². The quantitative estimate of drug-likeness (QED) is 0.380. The van der Waals surface area contributed by atoms with Crippen LogP contribution in [-0.2, 0) is 4.79 Å². The molecule has 1 heterocycles. The van der Waals surface area contributed by atoms with Crippen molar-refractivity contribution >= 4 is 29.1 Å². The van der Waals surface area contributed by atoms with Gasteiger partial charge in [-0.3, -0.25) is 4.79 Å². The molecule has 1 fully saturated rings. The second kappa shape index (κ2) is 12.5. The second-order valence-electron chi connectivity index (χ2n) is 9.64. The Labute approximate surface area is 206 Å². The van der Waals surface area contributed by atoms with Gasteiger partial charge >= 0.3 is 12.0 Å². The number of aromatic nitrogens is 2. The van der Waals surface area contributed by atoms with Crippen molar-refractivity contribution in [3.8, 4) is 0 Å². The predicted molar refractivity (Wildman–Crippen MR) is 135 cm³/mol. The SMILES string of the molecule is CCC(CC(=O)O)c1cc(NC(=O)Nc2cncnc2)c(N(CC(C)C)C2CCCCC2)cc1F. The third-order valence-corrected chi connectivity index (χ3v) is 6.42. The summed E-state index contributed by atoms with van der Waals surface area (Å²) in [6.07, 6.45) is 10.1. The van der Waals surface area contributed by atoms with E-state index in [1.165, 1.54) is 31.2 Å². The molecule has 35 heavy (non-hydrogen) atoms. The van der Waals surface area contributed by atoms with E-state index in [1.54, 1.807) is 6.07 Å². The number of nitrogens with one attached hydrogen (secondary N) is 2. The summed E-state index contributed by atoms with van der Waals surface area (Å²) >= 11 is 0. The molecular weight excluding hydrogens is 449 g/mol. The highest BCUT2D eigenvalue weighted by Crippen LogP contribution is 2.38. The van der Waals surface area contributed by atoms with Gasteiger partial charge in [0.05, 0.1) is 35.9 Å². The van der Waals surface area contributed by atoms with Crippen LogP contribution in [0.5, 0.6) is 0 Å². The number of rotatable bonds is 10. The first-order valence-electron chi connectivity index (χ1n) is 12.4. The third-order valence-electron chi connectivity index (χ3n) is 6.42. The maximum absolute atomic E-state index is 15.5. The summed E-state index contributed by atoms with van der Waals surface area (Å²) in [5.74, 6) is -1.60. The molecule has 0 aliphatic heterocycles. The normalized spacial score (nSPS) is 15.0. The molecule has 0 saturated heterocycles. The summed E-state index contributed by atoms with van der Waals surface area (Å²) in [5, 5.41) is 14.9. The van der Waals surface area contributed by atoms with E-state index in [9.17, 15) is 14.7 Å². The van der Waals surface area contributed by atoms with Crippen molar-refractivity contribution in [1.82, 2.24) is 9.97 Å². The van der Waals surface area contributed by atoms with Crippen molar-refractivity contribution in [2.75, 3.05) is 22.1 Å². The molecule has 1 aromatic carbocycles. The van der Waals surface area contributed by atoms with Crippen LogP contribution in [0.4, 0.5) is 26.2 Å². The number of hydrogen-bond acceptors (Lipinski definition) is 5. The number of halogens is 1. The molecule has 0 radical (unpaired) electrons. The topological polar surface area (TPSA) is 107 Å². The van der Waals surface area contributed by atoms with Gasteiger partial charge in [0.15, 0.2) is 0 Å². The Hall–Kier alpha value is -3.23. The number of nitrogens with zero attached hydrogens (tertiary/aromatic N) is 3. The van der Waals surface area contributed by atoms with Gasteiger partial charge in [-0.15, -0.1) is 0 Å². The van der Waals surface area contributed by atoms with Crippen molar-refractivity contribution in [2.45, 2.75) is 77.7 Å². The van der Waals surface area contributed by atoms with Gasteiger partial charge in [-0.25, -0.2) is 19.2 Å². The zero-order valence-corrected chi connectivity index (χ0v) is 20.8. The largest absolute Gasteiger partial charge is 0.481 e. The maximum atomic E-state index is 15.5. The first-order valence-corrected chi connectivity index (χ1v) is 12.4. The summed E-state index contributed by atoms with van der Waals surface area (Å²) in [4.78, 5) is 34.3. The summed E-state index contributed by atoms with van der Waals surface area (Å²) in [6.45, 7) is 6.80. The van der Waals surface area contributed by atoms with Gasteiger partial charge in [-0.2, -0.15) is 0 Å². The highest BCUT2D eigenvalue weighted by molar-refractivity contribution is 6.01. The number of carboxylic acid groups (broad SMARTS) is 1. The summed E-state index contributed by atoms with van der Waals surface area (Å²) < 4.78 is 15.5. The Morgan fingerprint density at radius 3 is 2.43 bits per heavy atom. The maximum Gasteiger partial charge on any atom is 0.323 e. The van der Waals surface area contributed by atoms with Crippen LogP contribution in [0.2, 0.25) is 0 Å². The smallest absolute Gasteiger partial charge is 0.323 e. The van der Waals surface area contributed by atoms with E-state index in [2.05, 4.69) is 39.3 Å². The number of urea groups is 1. The second-order valence-corrected chi connectivity index (χ2v) is 9.64. The van der Waals surface area contributed by atoms with Crippen LogP contribution in [-0.4, -0.2) is 39.7 Å². The van der Waals surface area contributed by atoms with E-state index in [-0.39, 0.29) is 12.5 Å². The monoisotopic (exact) mass is 485 g/mol. The van der Waals surface area contributed by atoms with Crippen LogP contribution in [0.3, 0.4) is 0 Å². The lowest BCUT2D eigenvalue weighted by Crippen LogP contribution is -2.40. The van der Waals surface area contributed by atoms with Gasteiger partial charge in [0.1, 0.15) is 12.1 Å². The van der Waals surface area contributed by atoms with Gasteiger partial charge in [0, 0.05) is 12.6 Å². The first-order chi connectivity index (χ1) is 16.8. The molecule has 8 nitrogen and oxygen atoms in total. The lowest BCUT2D eigenvalue weighted by atomic mass is 9.90. The Morgan fingerprint density at radius 1 is 1.14 bits per heavy atom. The van der Waals surface area contributed by atoms with E-state index in [0.29, 0.717) is 35.0 Å². The number of carbonyl (C=O) groups is 2. The minimum Gasteiger partial charge on any atom is -0.481 e. The molecule has 190 valence electrons. The molecule has 9 heteroatoms. The van der Waals surface area contributed by atoms with Crippen LogP contribution in [0.15, 0.2) is 30.9 Å². The highest BCUT2D eigenvalue weighted by atomic mass is 19.1. The average Bonchev–Trinajstić information content (AvgIpc) is 2.83. The van der Waals surface area contributed by atoms with Gasteiger partial charge in [0.2, 0.25) is 0 Å². The van der Waals surface area contributed by atoms with Crippen LogP contribution < -0.4 is 15.5 Å². The fraction of sp³-hybridized carbons (Fsp3) is 0.538. The van der Waals surface area contributed by atoms with Crippen molar-refractivity contribution < 1.29 is 19.1 Å². The molecule has 1 aromatic heterocycles. The summed E-state index contributed by atoms with van der Waals surface area (Å²) in [5.41, 5.74) is 1.81. The van der Waals surface area contributed by atoms with Crippen molar-refractivity contribution in [2.24, 2.45) is 5.92 Å². The van der Waals surface area contributed by atoms with Crippen LogP contribution in [0.1, 0.15) is 77.2 Å². The van der Waals surface area contributed by atoms with E-state index in [1.807, 2.05) is 6.92 Å². The Morgan fingerprint density at radius 2 is 1.83 bits per heavy atom. The van der Waals surface area contributed by atoms with Crippen molar-refractivity contribution in [3.63, 3.8) is 0 Å². The molecule has 1 saturated carbocycles. The third kappa shape index (κ3) is 7.37. The number of amides is 2. The number of anilines is 3. The molecule has 1 aliphatic carbocycles. The van der Waals surface area contributed by atoms with E-state index >= 15 is 4.39 Å². The zero-order valence-electron chi connectivity index (χ0n) is 20.8. The molecule has 0 spiro atoms. The number of benzene rings is 1. The Kier molecular flexibility index (Phi) is 9.39. The molecule has 3 rings (SSSR count). The van der Waals surface area contributed by atoms with Gasteiger partial charge < -0.3 is 20.6 Å². The summed E-state index contributed by atoms with van der Waals surface area (Å²) in [7, 11) is 0. The van der Waals surface area contributed by atoms with Crippen LogP contribution in [0.25, 0.3) is 0 Å². The highest BCUT2D eigenvalue weighted by Gasteiger charge is 2.27. The van der Waals surface area contributed by atoms with Crippen molar-refractivity contribution in [1.29, 1.82) is 0 Å². The fourth-order valence-corrected chi connectivity index (χ4v) is 4.79. The van der Waals surface area contributed by atoms with E-state index in [4.69, 9.17) is 0 Å². The molecular formula is C26H36FN5O3. The van der Waals surface area contributed by atoms with E-state index < -0.39 is 23.7 Å². The molecule has 2 aromatic rings. The number of carbonyl (C=O) groups excluding carboxylic acids is 1. The summed E-state index contributed by atoms with van der Waals surface area (Å²) in [6, 6.07) is 2.83. The zero-order chi connectivity index (χ0) is 25.4. The number of aliphatic carboxylic acids is 1. The van der Waals surface area contributed by atoms with E-state index in [0.717, 1.165) is 32.2 Å². The first kappa shape index (κ1) is 26.4. The molecule has 3 N–H and O–H groups in total. The standard InChI is InChI=1S/C26H36FN5O3/c1-4-18(10-25(33)34)21-11-23(31-26(35)30-19-13-28-16-29-14-19)24(12-22(21)27)32(15-17(2)3)20-8-6-5-7-9-20/h11-14,16-18,20H,4-10,15H2,1-3H3,(H,33,34)(H2,30,31,35). The molecule has 2 amide bonds. The number of carboxylic acids is 1. The molecule has 1 unspecified atom stereocenters. The lowest BCUT2D eigenvalue weighted by Gasteiger charge is -2.38. The molecule has 1 aliphatic rings. The fourth-order valence-electron chi connectivity index (χ4n) is 4.79. The average molecular weight is 486 g/mol. The Balaban J connectivity index is 2.02. The minimum atomic E-state index is -0.986. The Bertz CT molecular complexity index is 996. The molecule has 0 bridgehead atoms. The number of hydrogen-bond donors (Lipinski definition) is 3. The van der Waals surface area contributed by atoms with Gasteiger partial charge in [-0.1, -0.05) is 40.0 Å². The predicted octanol–water partition coefficient (Wildman–Crippen LogP) is 6.02. The van der Waals surface area contributed by atoms with Crippen LogP contribution in [0, 0.1) is 11.7 Å². The molecule has 1 atom stereocenters. The van der Waals surface area contributed by atoms with Crippen molar-refractivity contribution in [3.05, 3.63) is 42.2 Å². The minimum absolute atomic E-state index is 0.182.